The van der Waals surface area contributed by atoms with Gasteiger partial charge in [-0.15, -0.1) is 11.6 Å². The molecule has 3 aromatic rings. The van der Waals surface area contributed by atoms with Crippen LogP contribution in [0.5, 0.6) is 0 Å². The summed E-state index contributed by atoms with van der Waals surface area (Å²) in [5.74, 6) is 0. The standard InChI is InChI=1S/C17H14BrClN2/c1-12-7-8-16(18)15(9-12)17(19)13-10-20-21(11-13)14-5-3-2-4-6-14/h2-11,17H,1H3. The molecular formula is C17H14BrClN2. The highest BCUT2D eigenvalue weighted by atomic mass is 79.9. The van der Waals surface area contributed by atoms with Gasteiger partial charge in [0, 0.05) is 16.2 Å². The number of hydrogen-bond acceptors (Lipinski definition) is 1. The predicted octanol–water partition coefficient (Wildman–Crippen LogP) is 5.27. The summed E-state index contributed by atoms with van der Waals surface area (Å²) in [5, 5.41) is 4.18. The Morgan fingerprint density at radius 3 is 2.67 bits per heavy atom. The molecule has 0 aliphatic carbocycles. The number of rotatable bonds is 3. The highest BCUT2D eigenvalue weighted by Gasteiger charge is 2.16. The Morgan fingerprint density at radius 2 is 1.90 bits per heavy atom. The van der Waals surface area contributed by atoms with Crippen LogP contribution in [-0.2, 0) is 0 Å². The van der Waals surface area contributed by atoms with E-state index in [1.807, 2.05) is 53.5 Å². The van der Waals surface area contributed by atoms with Crippen LogP contribution in [0.2, 0.25) is 0 Å². The van der Waals surface area contributed by atoms with E-state index in [9.17, 15) is 0 Å². The lowest BCUT2D eigenvalue weighted by Crippen LogP contribution is -1.95. The SMILES string of the molecule is Cc1ccc(Br)c(C(Cl)c2cnn(-c3ccccc3)c2)c1. The van der Waals surface area contributed by atoms with E-state index in [1.165, 1.54) is 5.56 Å². The van der Waals surface area contributed by atoms with E-state index in [0.717, 1.165) is 21.3 Å². The van der Waals surface area contributed by atoms with Crippen molar-refractivity contribution in [3.05, 3.63) is 82.1 Å². The monoisotopic (exact) mass is 360 g/mol. The van der Waals surface area contributed by atoms with Gasteiger partial charge >= 0.3 is 0 Å². The third kappa shape index (κ3) is 3.04. The first kappa shape index (κ1) is 14.4. The van der Waals surface area contributed by atoms with Crippen LogP contribution >= 0.6 is 27.5 Å². The molecule has 21 heavy (non-hydrogen) atoms. The zero-order valence-corrected chi connectivity index (χ0v) is 13.8. The summed E-state index contributed by atoms with van der Waals surface area (Å²) in [7, 11) is 0. The Labute approximate surface area is 137 Å². The van der Waals surface area contributed by atoms with Crippen LogP contribution in [0.15, 0.2) is 65.4 Å². The second kappa shape index (κ2) is 6.04. The lowest BCUT2D eigenvalue weighted by Gasteiger charge is -2.11. The van der Waals surface area contributed by atoms with Gasteiger partial charge < -0.3 is 0 Å². The molecule has 1 heterocycles. The van der Waals surface area contributed by atoms with Gasteiger partial charge in [0.15, 0.2) is 0 Å². The number of aromatic nitrogens is 2. The van der Waals surface area contributed by atoms with Crippen molar-refractivity contribution in [3.8, 4) is 5.69 Å². The summed E-state index contributed by atoms with van der Waals surface area (Å²) in [4.78, 5) is 0. The molecule has 0 saturated heterocycles. The van der Waals surface area contributed by atoms with Crippen molar-refractivity contribution in [2.45, 2.75) is 12.3 Å². The molecule has 1 atom stereocenters. The number of para-hydroxylation sites is 1. The number of hydrogen-bond donors (Lipinski definition) is 0. The van der Waals surface area contributed by atoms with Gasteiger partial charge in [0.2, 0.25) is 0 Å². The van der Waals surface area contributed by atoms with E-state index in [-0.39, 0.29) is 5.38 Å². The average Bonchev–Trinajstić information content (AvgIpc) is 3.00. The molecule has 0 bridgehead atoms. The van der Waals surface area contributed by atoms with Crippen LogP contribution in [0.4, 0.5) is 0 Å². The summed E-state index contributed by atoms with van der Waals surface area (Å²) >= 11 is 10.2. The van der Waals surface area contributed by atoms with E-state index in [0.29, 0.717) is 0 Å². The Hall–Kier alpha value is -1.58. The molecule has 0 aliphatic rings. The molecule has 0 fully saturated rings. The number of halogens is 2. The largest absolute Gasteiger partial charge is 0.241 e. The molecule has 3 rings (SSSR count). The summed E-state index contributed by atoms with van der Waals surface area (Å²) in [6.07, 6.45) is 3.79. The molecular weight excluding hydrogens is 348 g/mol. The molecule has 2 nitrogen and oxygen atoms in total. The third-order valence-electron chi connectivity index (χ3n) is 3.34. The maximum absolute atomic E-state index is 6.63. The smallest absolute Gasteiger partial charge is 0.0876 e. The molecule has 0 amide bonds. The van der Waals surface area contributed by atoms with Crippen molar-refractivity contribution in [1.29, 1.82) is 0 Å². The Balaban J connectivity index is 1.94. The zero-order valence-electron chi connectivity index (χ0n) is 11.5. The first-order chi connectivity index (χ1) is 10.1. The van der Waals surface area contributed by atoms with Crippen molar-refractivity contribution in [2.24, 2.45) is 0 Å². The van der Waals surface area contributed by atoms with E-state index in [2.05, 4.69) is 40.1 Å². The van der Waals surface area contributed by atoms with Gasteiger partial charge in [-0.1, -0.05) is 51.8 Å². The van der Waals surface area contributed by atoms with Crippen LogP contribution in [0, 0.1) is 6.92 Å². The normalized spacial score (nSPS) is 12.3. The zero-order chi connectivity index (χ0) is 14.8. The Bertz CT molecular complexity index is 752. The molecule has 0 spiro atoms. The summed E-state index contributed by atoms with van der Waals surface area (Å²) in [6, 6.07) is 16.2. The minimum absolute atomic E-state index is 0.225. The van der Waals surface area contributed by atoms with E-state index in [4.69, 9.17) is 11.6 Å². The van der Waals surface area contributed by atoms with Crippen LogP contribution in [0.25, 0.3) is 5.69 Å². The molecule has 1 aromatic heterocycles. The highest BCUT2D eigenvalue weighted by molar-refractivity contribution is 9.10. The minimum atomic E-state index is -0.225. The van der Waals surface area contributed by atoms with Crippen molar-refractivity contribution >= 4 is 27.5 Å². The second-order valence-corrected chi connectivity index (χ2v) is 6.23. The van der Waals surface area contributed by atoms with Gasteiger partial charge in [-0.25, -0.2) is 4.68 Å². The van der Waals surface area contributed by atoms with Gasteiger partial charge in [0.05, 0.1) is 17.3 Å². The molecule has 0 saturated carbocycles. The highest BCUT2D eigenvalue weighted by Crippen LogP contribution is 2.34. The Morgan fingerprint density at radius 1 is 1.14 bits per heavy atom. The van der Waals surface area contributed by atoms with Crippen LogP contribution in [0.3, 0.4) is 0 Å². The molecule has 1 unspecified atom stereocenters. The van der Waals surface area contributed by atoms with Crippen molar-refractivity contribution < 1.29 is 0 Å². The number of alkyl halides is 1. The summed E-state index contributed by atoms with van der Waals surface area (Å²) in [5.41, 5.74) is 4.25. The second-order valence-electron chi connectivity index (χ2n) is 4.94. The van der Waals surface area contributed by atoms with Gasteiger partial charge in [-0.3, -0.25) is 0 Å². The third-order valence-corrected chi connectivity index (χ3v) is 4.55. The number of benzene rings is 2. The van der Waals surface area contributed by atoms with Crippen molar-refractivity contribution in [2.75, 3.05) is 0 Å². The molecule has 4 heteroatoms. The minimum Gasteiger partial charge on any atom is -0.241 e. The summed E-state index contributed by atoms with van der Waals surface area (Å²) in [6.45, 7) is 2.06. The fraction of sp³-hybridized carbons (Fsp3) is 0.118. The van der Waals surface area contributed by atoms with Crippen molar-refractivity contribution in [1.82, 2.24) is 9.78 Å². The average molecular weight is 362 g/mol. The molecule has 106 valence electrons. The Kier molecular flexibility index (Phi) is 4.13. The van der Waals surface area contributed by atoms with Crippen LogP contribution < -0.4 is 0 Å². The fourth-order valence-electron chi connectivity index (χ4n) is 2.23. The first-order valence-corrected chi connectivity index (χ1v) is 7.88. The van der Waals surface area contributed by atoms with E-state index < -0.39 is 0 Å². The number of aryl methyl sites for hydroxylation is 1. The van der Waals surface area contributed by atoms with Gasteiger partial charge in [0.25, 0.3) is 0 Å². The summed E-state index contributed by atoms with van der Waals surface area (Å²) < 4.78 is 2.86. The quantitative estimate of drug-likeness (QED) is 0.581. The topological polar surface area (TPSA) is 17.8 Å². The number of nitrogens with zero attached hydrogens (tertiary/aromatic N) is 2. The van der Waals surface area contributed by atoms with Gasteiger partial charge in [-0.2, -0.15) is 5.10 Å². The lowest BCUT2D eigenvalue weighted by molar-refractivity contribution is 0.880. The molecule has 0 radical (unpaired) electrons. The van der Waals surface area contributed by atoms with Crippen LogP contribution in [-0.4, -0.2) is 9.78 Å². The maximum Gasteiger partial charge on any atom is 0.0876 e. The first-order valence-electron chi connectivity index (χ1n) is 6.65. The predicted molar refractivity (Wildman–Crippen MR) is 90.1 cm³/mol. The van der Waals surface area contributed by atoms with Gasteiger partial charge in [0.1, 0.15) is 0 Å². The van der Waals surface area contributed by atoms with E-state index in [1.54, 1.807) is 0 Å². The van der Waals surface area contributed by atoms with Crippen LogP contribution in [0.1, 0.15) is 22.1 Å². The van der Waals surface area contributed by atoms with Crippen molar-refractivity contribution in [3.63, 3.8) is 0 Å². The molecule has 0 aliphatic heterocycles. The van der Waals surface area contributed by atoms with E-state index >= 15 is 0 Å². The lowest BCUT2D eigenvalue weighted by atomic mass is 10.1. The fourth-order valence-corrected chi connectivity index (χ4v) is 3.13. The van der Waals surface area contributed by atoms with Gasteiger partial charge in [-0.05, 0) is 30.7 Å². The molecule has 2 aromatic carbocycles. The molecule has 0 N–H and O–H groups in total. The maximum atomic E-state index is 6.63.